The lowest BCUT2D eigenvalue weighted by atomic mass is 10.2. The van der Waals surface area contributed by atoms with Crippen LogP contribution in [0, 0.1) is 6.92 Å². The van der Waals surface area contributed by atoms with E-state index in [1.807, 2.05) is 24.3 Å². The van der Waals surface area contributed by atoms with E-state index in [4.69, 9.17) is 9.47 Å². The van der Waals surface area contributed by atoms with Gasteiger partial charge in [0, 0.05) is 12.8 Å². The Balaban J connectivity index is 2.18. The molecule has 2 aromatic rings. The number of nitrogens with zero attached hydrogens (tertiary/aromatic N) is 1. The van der Waals surface area contributed by atoms with Crippen LogP contribution in [0.3, 0.4) is 0 Å². The van der Waals surface area contributed by atoms with Crippen molar-refractivity contribution in [3.63, 3.8) is 0 Å². The van der Waals surface area contributed by atoms with Crippen LogP contribution in [0.2, 0.25) is 0 Å². The maximum atomic E-state index is 11.5. The van der Waals surface area contributed by atoms with Crippen LogP contribution < -0.4 is 5.32 Å². The lowest BCUT2D eigenvalue weighted by Gasteiger charge is -2.05. The Morgan fingerprint density at radius 1 is 1.40 bits per heavy atom. The number of methoxy groups -OCH3 is 2. The van der Waals surface area contributed by atoms with E-state index in [2.05, 4.69) is 10.3 Å². The molecule has 0 amide bonds. The topological polar surface area (TPSA) is 60.5 Å². The van der Waals surface area contributed by atoms with Crippen molar-refractivity contribution in [2.75, 3.05) is 19.5 Å². The number of anilines is 2. The highest BCUT2D eigenvalue weighted by molar-refractivity contribution is 7.17. The molecule has 0 saturated heterocycles. The Morgan fingerprint density at radius 2 is 2.20 bits per heavy atom. The molecule has 6 heteroatoms. The Kier molecular flexibility index (Phi) is 4.70. The van der Waals surface area contributed by atoms with Gasteiger partial charge in [0.25, 0.3) is 0 Å². The van der Waals surface area contributed by atoms with E-state index in [1.165, 1.54) is 18.4 Å². The number of hydrogen-bond donors (Lipinski definition) is 1. The summed E-state index contributed by atoms with van der Waals surface area (Å²) in [5.74, 6) is -0.360. The van der Waals surface area contributed by atoms with Crippen molar-refractivity contribution >= 4 is 28.1 Å². The summed E-state index contributed by atoms with van der Waals surface area (Å²) in [6, 6.07) is 7.85. The van der Waals surface area contributed by atoms with Gasteiger partial charge in [0.15, 0.2) is 5.13 Å². The number of aryl methyl sites for hydroxylation is 1. The van der Waals surface area contributed by atoms with E-state index in [9.17, 15) is 4.79 Å². The third-order valence-electron chi connectivity index (χ3n) is 2.66. The molecule has 0 spiro atoms. The van der Waals surface area contributed by atoms with Crippen LogP contribution >= 0.6 is 11.3 Å². The van der Waals surface area contributed by atoms with Gasteiger partial charge in [-0.25, -0.2) is 9.78 Å². The van der Waals surface area contributed by atoms with Gasteiger partial charge in [-0.15, -0.1) is 0 Å². The molecule has 1 aromatic carbocycles. The molecule has 0 unspecified atom stereocenters. The van der Waals surface area contributed by atoms with Crippen molar-refractivity contribution in [1.29, 1.82) is 0 Å². The summed E-state index contributed by atoms with van der Waals surface area (Å²) in [6.45, 7) is 2.34. The molecule has 1 heterocycles. The minimum atomic E-state index is -0.360. The van der Waals surface area contributed by atoms with E-state index >= 15 is 0 Å². The zero-order valence-corrected chi connectivity index (χ0v) is 12.4. The van der Waals surface area contributed by atoms with E-state index in [0.717, 1.165) is 11.3 Å². The van der Waals surface area contributed by atoms with Crippen LogP contribution in [0.25, 0.3) is 0 Å². The molecule has 5 nitrogen and oxygen atoms in total. The summed E-state index contributed by atoms with van der Waals surface area (Å²) < 4.78 is 9.82. The van der Waals surface area contributed by atoms with Crippen LogP contribution in [0.1, 0.15) is 20.9 Å². The molecule has 1 N–H and O–H groups in total. The average Bonchev–Trinajstić information content (AvgIpc) is 2.79. The standard InChI is InChI=1S/C14H16N2O3S/c1-9-12(13(17)19-3)20-14(15-9)16-11-6-4-5-10(7-11)8-18-2/h4-7H,8H2,1-3H3,(H,15,16). The number of aromatic nitrogens is 1. The molecule has 0 bridgehead atoms. The SMILES string of the molecule is COCc1cccc(Nc2nc(C)c(C(=O)OC)s2)c1. The number of carbonyl (C=O) groups is 1. The van der Waals surface area contributed by atoms with Crippen LogP contribution in [-0.4, -0.2) is 25.2 Å². The second-order valence-corrected chi connectivity index (χ2v) is 5.18. The molecule has 0 aliphatic rings. The molecule has 0 fully saturated rings. The number of ether oxygens (including phenoxy) is 2. The first kappa shape index (κ1) is 14.5. The molecule has 1 aromatic heterocycles. The molecule has 0 atom stereocenters. The number of nitrogens with one attached hydrogen (secondary N) is 1. The van der Waals surface area contributed by atoms with Crippen molar-refractivity contribution in [2.45, 2.75) is 13.5 Å². The molecule has 0 aliphatic carbocycles. The Hall–Kier alpha value is -1.92. The summed E-state index contributed by atoms with van der Waals surface area (Å²) in [5.41, 5.74) is 2.64. The van der Waals surface area contributed by atoms with E-state index in [0.29, 0.717) is 22.3 Å². The highest BCUT2D eigenvalue weighted by Crippen LogP contribution is 2.26. The molecular formula is C14H16N2O3S. The Morgan fingerprint density at radius 3 is 2.90 bits per heavy atom. The van der Waals surface area contributed by atoms with Gasteiger partial charge in [0.2, 0.25) is 0 Å². The zero-order chi connectivity index (χ0) is 14.5. The molecule has 106 valence electrons. The third-order valence-corrected chi connectivity index (χ3v) is 3.71. The second kappa shape index (κ2) is 6.49. The second-order valence-electron chi connectivity index (χ2n) is 4.18. The predicted molar refractivity (Wildman–Crippen MR) is 78.6 cm³/mol. The highest BCUT2D eigenvalue weighted by atomic mass is 32.1. The van der Waals surface area contributed by atoms with Gasteiger partial charge in [-0.1, -0.05) is 23.5 Å². The fraction of sp³-hybridized carbons (Fsp3) is 0.286. The number of rotatable bonds is 5. The van der Waals surface area contributed by atoms with E-state index in [-0.39, 0.29) is 5.97 Å². The predicted octanol–water partition coefficient (Wildman–Crippen LogP) is 3.13. The number of benzene rings is 1. The van der Waals surface area contributed by atoms with Crippen molar-refractivity contribution in [3.05, 3.63) is 40.4 Å². The van der Waals surface area contributed by atoms with Gasteiger partial charge in [0.05, 0.1) is 19.4 Å². The van der Waals surface area contributed by atoms with E-state index in [1.54, 1.807) is 14.0 Å². The minimum absolute atomic E-state index is 0.360. The first-order valence-electron chi connectivity index (χ1n) is 6.04. The summed E-state index contributed by atoms with van der Waals surface area (Å²) in [6.07, 6.45) is 0. The average molecular weight is 292 g/mol. The zero-order valence-electron chi connectivity index (χ0n) is 11.6. The lowest BCUT2D eigenvalue weighted by molar-refractivity contribution is 0.0605. The van der Waals surface area contributed by atoms with Crippen LogP contribution in [-0.2, 0) is 16.1 Å². The number of thiazole rings is 1. The number of carbonyl (C=O) groups excluding carboxylic acids is 1. The van der Waals surface area contributed by atoms with Crippen LogP contribution in [0.4, 0.5) is 10.8 Å². The van der Waals surface area contributed by atoms with E-state index < -0.39 is 0 Å². The van der Waals surface area contributed by atoms with Gasteiger partial charge in [-0.05, 0) is 24.6 Å². The quantitative estimate of drug-likeness (QED) is 0.858. The fourth-order valence-corrected chi connectivity index (χ4v) is 2.67. The monoisotopic (exact) mass is 292 g/mol. The van der Waals surface area contributed by atoms with Crippen molar-refractivity contribution in [3.8, 4) is 0 Å². The number of esters is 1. The minimum Gasteiger partial charge on any atom is -0.465 e. The lowest BCUT2D eigenvalue weighted by Crippen LogP contribution is -1.99. The largest absolute Gasteiger partial charge is 0.465 e. The van der Waals surface area contributed by atoms with Crippen molar-refractivity contribution in [1.82, 2.24) is 4.98 Å². The highest BCUT2D eigenvalue weighted by Gasteiger charge is 2.15. The Labute approximate surface area is 121 Å². The molecule has 20 heavy (non-hydrogen) atoms. The third kappa shape index (κ3) is 3.34. The molecule has 0 aliphatic heterocycles. The van der Waals surface area contributed by atoms with Gasteiger partial charge in [-0.3, -0.25) is 0 Å². The maximum Gasteiger partial charge on any atom is 0.350 e. The first-order valence-corrected chi connectivity index (χ1v) is 6.86. The summed E-state index contributed by atoms with van der Waals surface area (Å²) >= 11 is 1.28. The van der Waals surface area contributed by atoms with Gasteiger partial charge in [-0.2, -0.15) is 0 Å². The van der Waals surface area contributed by atoms with Crippen molar-refractivity contribution in [2.24, 2.45) is 0 Å². The normalized spacial score (nSPS) is 10.3. The van der Waals surface area contributed by atoms with Gasteiger partial charge >= 0.3 is 5.97 Å². The molecular weight excluding hydrogens is 276 g/mol. The maximum absolute atomic E-state index is 11.5. The van der Waals surface area contributed by atoms with Crippen LogP contribution in [0.15, 0.2) is 24.3 Å². The number of hydrogen-bond acceptors (Lipinski definition) is 6. The van der Waals surface area contributed by atoms with Gasteiger partial charge < -0.3 is 14.8 Å². The van der Waals surface area contributed by atoms with Crippen molar-refractivity contribution < 1.29 is 14.3 Å². The smallest absolute Gasteiger partial charge is 0.350 e. The Bertz CT molecular complexity index is 610. The fourth-order valence-electron chi connectivity index (χ4n) is 1.76. The van der Waals surface area contributed by atoms with Crippen LogP contribution in [0.5, 0.6) is 0 Å². The van der Waals surface area contributed by atoms with Gasteiger partial charge in [0.1, 0.15) is 4.88 Å². The molecule has 0 radical (unpaired) electrons. The summed E-state index contributed by atoms with van der Waals surface area (Å²) in [5, 5.41) is 3.85. The summed E-state index contributed by atoms with van der Waals surface area (Å²) in [4.78, 5) is 16.4. The summed E-state index contributed by atoms with van der Waals surface area (Å²) in [7, 11) is 3.02. The molecule has 2 rings (SSSR count). The first-order chi connectivity index (χ1) is 9.63. The molecule has 0 saturated carbocycles.